The number of carbonyl (C=O) groups is 1. The van der Waals surface area contributed by atoms with Gasteiger partial charge < -0.3 is 0 Å². The normalized spacial score (nSPS) is 30.2. The van der Waals surface area contributed by atoms with E-state index in [1.807, 2.05) is 6.92 Å². The van der Waals surface area contributed by atoms with E-state index in [0.29, 0.717) is 17.6 Å². The third-order valence-corrected chi connectivity index (χ3v) is 2.19. The van der Waals surface area contributed by atoms with E-state index in [2.05, 4.69) is 6.92 Å². The molecule has 0 N–H and O–H groups in total. The van der Waals surface area contributed by atoms with Crippen LogP contribution in [0.4, 0.5) is 0 Å². The second kappa shape index (κ2) is 5.95. The van der Waals surface area contributed by atoms with Crippen molar-refractivity contribution in [2.24, 2.45) is 11.8 Å². The van der Waals surface area contributed by atoms with Gasteiger partial charge in [-0.05, 0) is 18.8 Å². The van der Waals surface area contributed by atoms with Crippen LogP contribution in [0.1, 0.15) is 33.1 Å². The minimum Gasteiger partial charge on any atom is -0.299 e. The summed E-state index contributed by atoms with van der Waals surface area (Å²) >= 11 is 0. The van der Waals surface area contributed by atoms with E-state index >= 15 is 0 Å². The van der Waals surface area contributed by atoms with Crippen LogP contribution >= 0.6 is 27.0 Å². The third-order valence-electron chi connectivity index (χ3n) is 2.19. The zero-order chi connectivity index (χ0) is 6.85. The quantitative estimate of drug-likeness (QED) is 0.578. The van der Waals surface area contributed by atoms with E-state index in [0.717, 1.165) is 12.8 Å². The van der Waals surface area contributed by atoms with Crippen molar-refractivity contribution < 1.29 is 4.79 Å². The summed E-state index contributed by atoms with van der Waals surface area (Å²) < 4.78 is 0. The summed E-state index contributed by atoms with van der Waals surface area (Å²) in [4.78, 5) is 11.0. The summed E-state index contributed by atoms with van der Waals surface area (Å²) in [6, 6.07) is 0. The van der Waals surface area contributed by atoms with E-state index < -0.39 is 0 Å². The summed E-state index contributed by atoms with van der Waals surface area (Å²) in [5.74, 6) is 1.46. The van der Waals surface area contributed by atoms with Crippen molar-refractivity contribution in [2.75, 3.05) is 0 Å². The van der Waals surface area contributed by atoms with E-state index in [-0.39, 0.29) is 27.0 Å². The van der Waals surface area contributed by atoms with Gasteiger partial charge in [0.2, 0.25) is 0 Å². The van der Waals surface area contributed by atoms with Gasteiger partial charge in [0.1, 0.15) is 5.78 Å². The van der Waals surface area contributed by atoms with Gasteiger partial charge in [-0.15, -0.1) is 0 Å². The molecule has 3 heteroatoms. The first-order valence-corrected chi connectivity index (χ1v) is 3.73. The van der Waals surface area contributed by atoms with Crippen LogP contribution < -0.4 is 0 Å². The third kappa shape index (κ3) is 4.06. The first-order valence-electron chi connectivity index (χ1n) is 3.73. The van der Waals surface area contributed by atoms with Gasteiger partial charge in [0.15, 0.2) is 0 Å². The largest absolute Gasteiger partial charge is 0.299 e. The van der Waals surface area contributed by atoms with Crippen molar-refractivity contribution in [3.8, 4) is 0 Å². The molecule has 1 nitrogen and oxygen atoms in total. The zero-order valence-electron chi connectivity index (χ0n) is 7.18. The molecule has 68 valence electrons. The van der Waals surface area contributed by atoms with Crippen molar-refractivity contribution in [1.82, 2.24) is 0 Å². The zero-order valence-corrected chi connectivity index (χ0v) is 9.18. The predicted octanol–water partition coefficient (Wildman–Crippen LogP) is 2.24. The number of hydrogen-bond acceptors (Lipinski definition) is 1. The SMILES string of the molecule is C[C@H]1CC[C@H](C)C(=O)C1.S.S. The highest BCUT2D eigenvalue weighted by Crippen LogP contribution is 2.24. The molecular weight excluding hydrogens is 176 g/mol. The molecular formula is C8H18OS2. The lowest BCUT2D eigenvalue weighted by Crippen LogP contribution is -2.20. The average Bonchev–Trinajstić information content (AvgIpc) is 1.80. The number of rotatable bonds is 0. The molecule has 1 saturated carbocycles. The van der Waals surface area contributed by atoms with Crippen LogP contribution in [0.15, 0.2) is 0 Å². The standard InChI is InChI=1S/C8H14O.2H2S/c1-6-3-4-7(2)8(9)5-6;;/h6-7H,3-5H2,1-2H3;2*1H2/t6-,7-;;/m0../s1. The number of ketones is 1. The minimum atomic E-state index is 0. The Hall–Kier alpha value is 0.370. The van der Waals surface area contributed by atoms with Crippen LogP contribution in [0.5, 0.6) is 0 Å². The van der Waals surface area contributed by atoms with Gasteiger partial charge in [-0.1, -0.05) is 13.8 Å². The van der Waals surface area contributed by atoms with Gasteiger partial charge in [0.05, 0.1) is 0 Å². The Morgan fingerprint density at radius 3 is 2.09 bits per heavy atom. The lowest BCUT2D eigenvalue weighted by atomic mass is 9.83. The summed E-state index contributed by atoms with van der Waals surface area (Å²) in [7, 11) is 0. The molecule has 0 aromatic heterocycles. The van der Waals surface area contributed by atoms with E-state index in [4.69, 9.17) is 0 Å². The molecule has 0 aromatic rings. The predicted molar refractivity (Wildman–Crippen MR) is 57.9 cm³/mol. The minimum absolute atomic E-state index is 0. The number of Topliss-reactive ketones (excluding diaryl/α,β-unsaturated/α-hetero) is 1. The molecule has 0 unspecified atom stereocenters. The van der Waals surface area contributed by atoms with Gasteiger partial charge in [0, 0.05) is 12.3 Å². The van der Waals surface area contributed by atoms with E-state index in [9.17, 15) is 4.79 Å². The Balaban J connectivity index is 0. The maximum atomic E-state index is 11.0. The molecule has 1 aliphatic rings. The topological polar surface area (TPSA) is 17.1 Å². The molecule has 1 aliphatic carbocycles. The van der Waals surface area contributed by atoms with Gasteiger partial charge in [-0.2, -0.15) is 27.0 Å². The molecule has 0 radical (unpaired) electrons. The van der Waals surface area contributed by atoms with Gasteiger partial charge in [0.25, 0.3) is 0 Å². The lowest BCUT2D eigenvalue weighted by molar-refractivity contribution is -0.125. The Bertz CT molecular complexity index is 125. The van der Waals surface area contributed by atoms with Crippen molar-refractivity contribution in [2.45, 2.75) is 33.1 Å². The van der Waals surface area contributed by atoms with Crippen LogP contribution in [-0.4, -0.2) is 5.78 Å². The summed E-state index contributed by atoms with van der Waals surface area (Å²) in [6.45, 7) is 4.19. The van der Waals surface area contributed by atoms with E-state index in [1.54, 1.807) is 0 Å². The average molecular weight is 194 g/mol. The van der Waals surface area contributed by atoms with Crippen molar-refractivity contribution in [3.05, 3.63) is 0 Å². The molecule has 1 fully saturated rings. The number of carbonyl (C=O) groups excluding carboxylic acids is 1. The molecule has 0 saturated heterocycles. The van der Waals surface area contributed by atoms with Crippen LogP contribution in [0, 0.1) is 11.8 Å². The first-order chi connectivity index (χ1) is 4.20. The van der Waals surface area contributed by atoms with E-state index in [1.165, 1.54) is 6.42 Å². The second-order valence-corrected chi connectivity index (χ2v) is 3.25. The maximum Gasteiger partial charge on any atom is 0.135 e. The molecule has 0 aliphatic heterocycles. The fourth-order valence-corrected chi connectivity index (χ4v) is 1.34. The Morgan fingerprint density at radius 1 is 1.18 bits per heavy atom. The highest BCUT2D eigenvalue weighted by atomic mass is 32.1. The van der Waals surface area contributed by atoms with Gasteiger partial charge in [-0.3, -0.25) is 4.79 Å². The maximum absolute atomic E-state index is 11.0. The summed E-state index contributed by atoms with van der Waals surface area (Å²) in [6.07, 6.45) is 3.17. The van der Waals surface area contributed by atoms with Crippen molar-refractivity contribution in [1.29, 1.82) is 0 Å². The van der Waals surface area contributed by atoms with Crippen molar-refractivity contribution in [3.63, 3.8) is 0 Å². The fourth-order valence-electron chi connectivity index (χ4n) is 1.34. The summed E-state index contributed by atoms with van der Waals surface area (Å²) in [5, 5.41) is 0. The number of hydrogen-bond donors (Lipinski definition) is 0. The first kappa shape index (κ1) is 13.9. The fraction of sp³-hybridized carbons (Fsp3) is 0.875. The molecule has 2 atom stereocenters. The lowest BCUT2D eigenvalue weighted by Gasteiger charge is -2.21. The smallest absolute Gasteiger partial charge is 0.135 e. The molecule has 0 heterocycles. The second-order valence-electron chi connectivity index (χ2n) is 3.25. The molecule has 11 heavy (non-hydrogen) atoms. The van der Waals surface area contributed by atoms with Crippen LogP contribution in [0.3, 0.4) is 0 Å². The molecule has 0 bridgehead atoms. The summed E-state index contributed by atoms with van der Waals surface area (Å²) in [5.41, 5.74) is 0. The van der Waals surface area contributed by atoms with Gasteiger partial charge in [-0.25, -0.2) is 0 Å². The highest BCUT2D eigenvalue weighted by Gasteiger charge is 2.21. The van der Waals surface area contributed by atoms with Gasteiger partial charge >= 0.3 is 0 Å². The molecule has 0 amide bonds. The monoisotopic (exact) mass is 194 g/mol. The Labute approximate surface area is 82.8 Å². The molecule has 0 spiro atoms. The highest BCUT2D eigenvalue weighted by molar-refractivity contribution is 7.59. The molecule has 1 rings (SSSR count). The molecule has 0 aromatic carbocycles. The van der Waals surface area contributed by atoms with Crippen LogP contribution in [-0.2, 0) is 4.79 Å². The van der Waals surface area contributed by atoms with Crippen LogP contribution in [0.25, 0.3) is 0 Å². The van der Waals surface area contributed by atoms with Crippen LogP contribution in [0.2, 0.25) is 0 Å². The Kier molecular flexibility index (Phi) is 7.53. The Morgan fingerprint density at radius 2 is 1.73 bits per heavy atom. The van der Waals surface area contributed by atoms with Crippen molar-refractivity contribution >= 4 is 32.8 Å².